The summed E-state index contributed by atoms with van der Waals surface area (Å²) in [5, 5.41) is 26.0. The summed E-state index contributed by atoms with van der Waals surface area (Å²) in [5.74, 6) is -5.82. The number of nitrogens with one attached hydrogen (secondary N) is 6. The molecule has 0 saturated heterocycles. The number of phenolic OH excluding ortho intramolecular Hbond substituents is 1. The van der Waals surface area contributed by atoms with E-state index in [1.807, 2.05) is 41.5 Å². The van der Waals surface area contributed by atoms with Crippen LogP contribution in [-0.4, -0.2) is 95.7 Å². The highest BCUT2D eigenvalue weighted by Crippen LogP contribution is 2.17. The molecule has 0 aliphatic rings. The standard InChI is InChI=1S/C39H66N10O8/c1-9-23(7)31(33(40)52)48-36(55)28(19-22(5)6)47-35(54)26(15-13-17-43-39(41)42)45-30(51)20-44-38(57)32(24(8)10-2)49-37(56)27(18-21(3)4)46-34(53)25-14-11-12-16-29(25)50/h11-12,14,16,21-24,26-28,31-32,50H,9-10,13,15,17-20H2,1-8H3,(H2,40,52)(H,44,57)(H,45,51)(H,46,53)(H,47,54)(H,48,55)(H,49,56)(H4,41,42,43)/t23-,24-,26-,27-,28-,31-,32-/m0/s1. The van der Waals surface area contributed by atoms with Crippen LogP contribution in [-0.2, 0) is 28.8 Å². The molecule has 0 aliphatic heterocycles. The van der Waals surface area contributed by atoms with E-state index in [0.717, 1.165) is 0 Å². The minimum absolute atomic E-state index is 0.0125. The number of guanidine groups is 1. The van der Waals surface area contributed by atoms with Crippen LogP contribution >= 0.6 is 0 Å². The number of amides is 7. The van der Waals surface area contributed by atoms with Crippen LogP contribution in [0.4, 0.5) is 0 Å². The molecule has 18 heteroatoms. The van der Waals surface area contributed by atoms with Gasteiger partial charge in [0.05, 0.1) is 12.1 Å². The van der Waals surface area contributed by atoms with Crippen molar-refractivity contribution in [1.29, 1.82) is 0 Å². The average Bonchev–Trinajstić information content (AvgIpc) is 3.14. The van der Waals surface area contributed by atoms with E-state index < -0.39 is 84.0 Å². The molecule has 0 heterocycles. The quantitative estimate of drug-likeness (QED) is 0.0366. The number of nitrogens with two attached hydrogens (primary N) is 3. The molecule has 0 spiro atoms. The molecule has 0 aliphatic carbocycles. The zero-order chi connectivity index (χ0) is 43.4. The first-order valence-corrected chi connectivity index (χ1v) is 19.6. The second-order valence-corrected chi connectivity index (χ2v) is 15.3. The number of nitrogens with zero attached hydrogens (tertiary/aromatic N) is 1. The molecular formula is C39H66N10O8. The molecule has 1 aromatic rings. The number of phenols is 1. The molecule has 0 bridgehead atoms. The number of hydrogen-bond donors (Lipinski definition) is 10. The lowest BCUT2D eigenvalue weighted by Gasteiger charge is -2.28. The molecule has 1 aromatic carbocycles. The first kappa shape index (κ1) is 49.6. The number of carbonyl (C=O) groups is 7. The zero-order valence-electron chi connectivity index (χ0n) is 34.6. The predicted octanol–water partition coefficient (Wildman–Crippen LogP) is 0.269. The summed E-state index contributed by atoms with van der Waals surface area (Å²) in [6.07, 6.45) is 1.82. The van der Waals surface area contributed by atoms with Gasteiger partial charge in [0.2, 0.25) is 35.4 Å². The first-order valence-electron chi connectivity index (χ1n) is 19.6. The molecule has 0 saturated carbocycles. The van der Waals surface area contributed by atoms with Gasteiger partial charge in [-0.25, -0.2) is 0 Å². The highest BCUT2D eigenvalue weighted by atomic mass is 16.3. The van der Waals surface area contributed by atoms with Gasteiger partial charge < -0.3 is 54.2 Å². The van der Waals surface area contributed by atoms with Gasteiger partial charge in [-0.2, -0.15) is 0 Å². The third kappa shape index (κ3) is 17.9. The summed E-state index contributed by atoms with van der Waals surface area (Å²) >= 11 is 0. The summed E-state index contributed by atoms with van der Waals surface area (Å²) < 4.78 is 0. The molecule has 320 valence electrons. The third-order valence-corrected chi connectivity index (χ3v) is 9.45. The Balaban J connectivity index is 3.17. The Morgan fingerprint density at radius 2 is 1.18 bits per heavy atom. The van der Waals surface area contributed by atoms with Gasteiger partial charge in [-0.15, -0.1) is 0 Å². The molecule has 0 unspecified atom stereocenters. The first-order chi connectivity index (χ1) is 26.7. The Kier molecular flexibility index (Phi) is 21.7. The molecular weight excluding hydrogens is 736 g/mol. The van der Waals surface area contributed by atoms with Crippen molar-refractivity contribution < 1.29 is 38.7 Å². The number of primary amides is 1. The topological polar surface area (TPSA) is 302 Å². The lowest BCUT2D eigenvalue weighted by atomic mass is 9.96. The molecule has 18 nitrogen and oxygen atoms in total. The van der Waals surface area contributed by atoms with Crippen LogP contribution in [0.2, 0.25) is 0 Å². The van der Waals surface area contributed by atoms with Crippen LogP contribution in [0, 0.1) is 23.7 Å². The van der Waals surface area contributed by atoms with E-state index in [2.05, 4.69) is 36.9 Å². The molecule has 7 amide bonds. The van der Waals surface area contributed by atoms with Crippen LogP contribution in [0.3, 0.4) is 0 Å². The fourth-order valence-corrected chi connectivity index (χ4v) is 5.81. The number of aromatic hydroxyl groups is 1. The SMILES string of the molecule is CC[C@H](C)[C@H](NC(=O)[C@H](CC(C)C)NC(=O)[C@H](CCCN=C(N)N)NC(=O)CNC(=O)[C@@H](NC(=O)[C@H](CC(C)C)NC(=O)c1ccccc1O)[C@@H](C)CC)C(N)=O. The Hall–Kier alpha value is -5.42. The second-order valence-electron chi connectivity index (χ2n) is 15.3. The Morgan fingerprint density at radius 3 is 1.68 bits per heavy atom. The van der Waals surface area contributed by atoms with Crippen molar-refractivity contribution in [3.63, 3.8) is 0 Å². The van der Waals surface area contributed by atoms with E-state index in [9.17, 15) is 38.7 Å². The van der Waals surface area contributed by atoms with Gasteiger partial charge >= 0.3 is 0 Å². The fourth-order valence-electron chi connectivity index (χ4n) is 5.81. The number of para-hydroxylation sites is 1. The van der Waals surface area contributed by atoms with Crippen molar-refractivity contribution >= 4 is 47.3 Å². The van der Waals surface area contributed by atoms with E-state index in [1.165, 1.54) is 12.1 Å². The van der Waals surface area contributed by atoms with E-state index in [4.69, 9.17) is 17.2 Å². The van der Waals surface area contributed by atoms with Crippen molar-refractivity contribution in [1.82, 2.24) is 31.9 Å². The zero-order valence-corrected chi connectivity index (χ0v) is 34.6. The lowest BCUT2D eigenvalue weighted by molar-refractivity contribution is -0.134. The van der Waals surface area contributed by atoms with Gasteiger partial charge in [0.1, 0.15) is 36.0 Å². The number of hydrogen-bond acceptors (Lipinski definition) is 9. The second kappa shape index (κ2) is 25.0. The van der Waals surface area contributed by atoms with Gasteiger partial charge in [-0.05, 0) is 61.5 Å². The number of rotatable bonds is 25. The maximum absolute atomic E-state index is 13.7. The maximum atomic E-state index is 13.7. The normalized spacial score (nSPS) is 14.8. The third-order valence-electron chi connectivity index (χ3n) is 9.45. The summed E-state index contributed by atoms with van der Waals surface area (Å²) in [6, 6.07) is 0.568. The van der Waals surface area contributed by atoms with E-state index in [1.54, 1.807) is 26.0 Å². The van der Waals surface area contributed by atoms with Crippen molar-refractivity contribution in [2.75, 3.05) is 13.1 Å². The molecule has 13 N–H and O–H groups in total. The summed E-state index contributed by atoms with van der Waals surface area (Å²) in [4.78, 5) is 96.4. The van der Waals surface area contributed by atoms with Gasteiger partial charge in [-0.3, -0.25) is 38.6 Å². The van der Waals surface area contributed by atoms with Crippen molar-refractivity contribution in [2.45, 2.75) is 124 Å². The van der Waals surface area contributed by atoms with Gasteiger partial charge in [0.15, 0.2) is 5.96 Å². The molecule has 1 rings (SSSR count). The minimum Gasteiger partial charge on any atom is -0.507 e. The highest BCUT2D eigenvalue weighted by molar-refractivity contribution is 6.00. The fraction of sp³-hybridized carbons (Fsp3) is 0.641. The highest BCUT2D eigenvalue weighted by Gasteiger charge is 2.33. The number of aliphatic imine (C=N–C) groups is 1. The van der Waals surface area contributed by atoms with Gasteiger partial charge in [-0.1, -0.05) is 80.4 Å². The Bertz CT molecular complexity index is 1550. The van der Waals surface area contributed by atoms with Crippen molar-refractivity contribution in [3.8, 4) is 5.75 Å². The number of carbonyl (C=O) groups excluding carboxylic acids is 7. The Morgan fingerprint density at radius 1 is 0.667 bits per heavy atom. The van der Waals surface area contributed by atoms with Gasteiger partial charge in [0, 0.05) is 6.54 Å². The van der Waals surface area contributed by atoms with Crippen LogP contribution in [0.25, 0.3) is 0 Å². The van der Waals surface area contributed by atoms with E-state index >= 15 is 0 Å². The maximum Gasteiger partial charge on any atom is 0.255 e. The minimum atomic E-state index is -1.18. The number of benzene rings is 1. The molecule has 0 aromatic heterocycles. The van der Waals surface area contributed by atoms with E-state index in [0.29, 0.717) is 12.8 Å². The molecule has 57 heavy (non-hydrogen) atoms. The smallest absolute Gasteiger partial charge is 0.255 e. The largest absolute Gasteiger partial charge is 0.507 e. The van der Waals surface area contributed by atoms with Crippen LogP contribution in [0.5, 0.6) is 5.75 Å². The summed E-state index contributed by atoms with van der Waals surface area (Å²) in [5.41, 5.74) is 16.4. The lowest BCUT2D eigenvalue weighted by Crippen LogP contribution is -2.58. The summed E-state index contributed by atoms with van der Waals surface area (Å²) in [7, 11) is 0. The van der Waals surface area contributed by atoms with Crippen LogP contribution in [0.15, 0.2) is 29.3 Å². The Labute approximate surface area is 336 Å². The van der Waals surface area contributed by atoms with Crippen molar-refractivity contribution in [2.24, 2.45) is 45.9 Å². The molecule has 7 atom stereocenters. The van der Waals surface area contributed by atoms with Crippen LogP contribution < -0.4 is 49.1 Å². The average molecular weight is 803 g/mol. The van der Waals surface area contributed by atoms with Crippen LogP contribution in [0.1, 0.15) is 104 Å². The molecule has 0 radical (unpaired) electrons. The van der Waals surface area contributed by atoms with Gasteiger partial charge in [0.25, 0.3) is 5.91 Å². The van der Waals surface area contributed by atoms with E-state index in [-0.39, 0.29) is 67.3 Å². The monoisotopic (exact) mass is 803 g/mol. The van der Waals surface area contributed by atoms with Crippen molar-refractivity contribution in [3.05, 3.63) is 29.8 Å². The molecule has 0 fully saturated rings. The summed E-state index contributed by atoms with van der Waals surface area (Å²) in [6.45, 7) is 14.2. The predicted molar refractivity (Wildman–Crippen MR) is 217 cm³/mol.